The second-order valence-corrected chi connectivity index (χ2v) is 9.44. The minimum Gasteiger partial charge on any atom is -0.299 e. The Kier molecular flexibility index (Phi) is 3.48. The molecular formula is C18H21NO4S. The van der Waals surface area contributed by atoms with Gasteiger partial charge in [-0.3, -0.25) is 9.59 Å². The predicted molar refractivity (Wildman–Crippen MR) is 87.7 cm³/mol. The fourth-order valence-electron chi connectivity index (χ4n) is 4.89. The highest BCUT2D eigenvalue weighted by Crippen LogP contribution is 2.52. The molecule has 4 fully saturated rings. The standard InChI is InChI=1S/C18H21NO4S/c1-10-3-5-13(6-4-10)24(22,23)19(2)16-14-8-11-7-12(18(14)21)9-15(16)17(11)20/h3-6,11-12,14-16H,7-9H2,1-2H3. The molecule has 0 spiro atoms. The van der Waals surface area contributed by atoms with E-state index < -0.39 is 16.1 Å². The number of Topliss-reactive ketones (excluding diaryl/α,β-unsaturated/α-hetero) is 2. The highest BCUT2D eigenvalue weighted by molar-refractivity contribution is 7.89. The normalized spacial score (nSPS) is 35.0. The molecule has 5 rings (SSSR count). The number of hydrogen-bond donors (Lipinski definition) is 0. The van der Waals surface area contributed by atoms with Crippen LogP contribution in [0, 0.1) is 30.6 Å². The summed E-state index contributed by atoms with van der Waals surface area (Å²) in [5.41, 5.74) is 0.983. The second-order valence-electron chi connectivity index (χ2n) is 7.44. The molecule has 0 radical (unpaired) electrons. The van der Waals surface area contributed by atoms with Crippen molar-refractivity contribution in [3.8, 4) is 0 Å². The molecule has 0 saturated heterocycles. The summed E-state index contributed by atoms with van der Waals surface area (Å²) in [6.45, 7) is 1.90. The lowest BCUT2D eigenvalue weighted by Crippen LogP contribution is -2.63. The molecular weight excluding hydrogens is 326 g/mol. The minimum atomic E-state index is -3.72. The second kappa shape index (κ2) is 5.23. The van der Waals surface area contributed by atoms with E-state index in [1.54, 1.807) is 24.3 Å². The summed E-state index contributed by atoms with van der Waals surface area (Å²) in [7, 11) is -2.20. The van der Waals surface area contributed by atoms with Gasteiger partial charge < -0.3 is 0 Å². The van der Waals surface area contributed by atoms with E-state index in [1.807, 2.05) is 6.92 Å². The maximum Gasteiger partial charge on any atom is 0.243 e. The van der Waals surface area contributed by atoms with Crippen molar-refractivity contribution >= 4 is 21.6 Å². The van der Waals surface area contributed by atoms with Gasteiger partial charge in [-0.15, -0.1) is 0 Å². The topological polar surface area (TPSA) is 71.5 Å². The van der Waals surface area contributed by atoms with Gasteiger partial charge in [-0.1, -0.05) is 17.7 Å². The lowest BCUT2D eigenvalue weighted by Gasteiger charge is -2.53. The fraction of sp³-hybridized carbons (Fsp3) is 0.556. The van der Waals surface area contributed by atoms with Gasteiger partial charge in [0.05, 0.1) is 4.90 Å². The molecule has 6 heteroatoms. The van der Waals surface area contributed by atoms with Crippen LogP contribution in [-0.2, 0) is 19.6 Å². The molecule has 4 unspecified atom stereocenters. The molecule has 0 N–H and O–H groups in total. The molecule has 4 aliphatic carbocycles. The third-order valence-corrected chi connectivity index (χ3v) is 7.99. The maximum absolute atomic E-state index is 13.0. The molecule has 1 aromatic carbocycles. The Morgan fingerprint density at radius 3 is 1.92 bits per heavy atom. The quantitative estimate of drug-likeness (QED) is 0.836. The van der Waals surface area contributed by atoms with E-state index in [4.69, 9.17) is 0 Å². The Labute approximate surface area is 142 Å². The van der Waals surface area contributed by atoms with Crippen LogP contribution in [0.1, 0.15) is 24.8 Å². The molecule has 4 saturated carbocycles. The minimum absolute atomic E-state index is 0.0387. The summed E-state index contributed by atoms with van der Waals surface area (Å²) in [5.74, 6) is -0.408. The van der Waals surface area contributed by atoms with Crippen molar-refractivity contribution in [3.63, 3.8) is 0 Å². The van der Waals surface area contributed by atoms with Gasteiger partial charge in [0.15, 0.2) is 0 Å². The largest absolute Gasteiger partial charge is 0.299 e. The average molecular weight is 347 g/mol. The van der Waals surface area contributed by atoms with Crippen molar-refractivity contribution in [1.82, 2.24) is 4.31 Å². The smallest absolute Gasteiger partial charge is 0.243 e. The SMILES string of the molecule is Cc1ccc(S(=O)(=O)N(C)C2C3CC4CC(CC2C4=O)C3=O)cc1. The number of rotatable bonds is 3. The zero-order valence-electron chi connectivity index (χ0n) is 13.8. The van der Waals surface area contributed by atoms with Crippen molar-refractivity contribution in [2.24, 2.45) is 23.7 Å². The first kappa shape index (κ1) is 16.0. The van der Waals surface area contributed by atoms with Crippen molar-refractivity contribution in [2.75, 3.05) is 7.05 Å². The van der Waals surface area contributed by atoms with E-state index in [2.05, 4.69) is 0 Å². The summed E-state index contributed by atoms with van der Waals surface area (Å²) in [5, 5.41) is 0. The first-order chi connectivity index (χ1) is 11.3. The summed E-state index contributed by atoms with van der Waals surface area (Å²) in [6.07, 6.45) is 1.71. The third kappa shape index (κ3) is 2.12. The van der Waals surface area contributed by atoms with Crippen LogP contribution >= 0.6 is 0 Å². The van der Waals surface area contributed by atoms with Crippen LogP contribution in [0.3, 0.4) is 0 Å². The van der Waals surface area contributed by atoms with Crippen LogP contribution < -0.4 is 0 Å². The van der Waals surface area contributed by atoms with Crippen LogP contribution in [-0.4, -0.2) is 37.4 Å². The van der Waals surface area contributed by atoms with E-state index >= 15 is 0 Å². The van der Waals surface area contributed by atoms with Gasteiger partial charge in [-0.2, -0.15) is 4.31 Å². The summed E-state index contributed by atoms with van der Waals surface area (Å²) >= 11 is 0. The Morgan fingerprint density at radius 1 is 0.917 bits per heavy atom. The van der Waals surface area contributed by atoms with Gasteiger partial charge in [0.1, 0.15) is 11.6 Å². The Balaban J connectivity index is 1.71. The first-order valence-corrected chi connectivity index (χ1v) is 9.87. The van der Waals surface area contributed by atoms with Crippen LogP contribution in [0.5, 0.6) is 0 Å². The van der Waals surface area contributed by atoms with Crippen molar-refractivity contribution in [2.45, 2.75) is 37.1 Å². The molecule has 0 aromatic heterocycles. The van der Waals surface area contributed by atoms with Crippen molar-refractivity contribution in [3.05, 3.63) is 29.8 Å². The molecule has 0 amide bonds. The highest BCUT2D eigenvalue weighted by atomic mass is 32.2. The molecule has 4 bridgehead atoms. The number of aryl methyl sites for hydroxylation is 1. The number of hydrogen-bond acceptors (Lipinski definition) is 4. The van der Waals surface area contributed by atoms with Gasteiger partial charge in [0.25, 0.3) is 0 Å². The molecule has 1 aromatic rings. The molecule has 4 aliphatic rings. The van der Waals surface area contributed by atoms with E-state index in [0.717, 1.165) is 5.56 Å². The van der Waals surface area contributed by atoms with Crippen LogP contribution in [0.25, 0.3) is 0 Å². The Morgan fingerprint density at radius 2 is 1.42 bits per heavy atom. The molecule has 0 aliphatic heterocycles. The summed E-state index contributed by atoms with van der Waals surface area (Å²) in [4.78, 5) is 25.4. The number of nitrogens with zero attached hydrogens (tertiary/aromatic N) is 1. The zero-order valence-corrected chi connectivity index (χ0v) is 14.6. The van der Waals surface area contributed by atoms with Gasteiger partial charge in [-0.05, 0) is 38.3 Å². The summed E-state index contributed by atoms with van der Waals surface area (Å²) in [6, 6.07) is 6.16. The van der Waals surface area contributed by atoms with E-state index in [1.165, 1.54) is 11.4 Å². The number of benzene rings is 1. The van der Waals surface area contributed by atoms with E-state index in [0.29, 0.717) is 19.3 Å². The lowest BCUT2D eigenvalue weighted by atomic mass is 9.53. The number of carbonyl (C=O) groups is 2. The van der Waals surface area contributed by atoms with Crippen molar-refractivity contribution < 1.29 is 18.0 Å². The Hall–Kier alpha value is -1.53. The first-order valence-electron chi connectivity index (χ1n) is 8.43. The lowest BCUT2D eigenvalue weighted by molar-refractivity contribution is -0.156. The number of ketones is 2. The summed E-state index contributed by atoms with van der Waals surface area (Å²) < 4.78 is 27.3. The predicted octanol–water partition coefficient (Wildman–Crippen LogP) is 1.80. The van der Waals surface area contributed by atoms with E-state index in [9.17, 15) is 18.0 Å². The van der Waals surface area contributed by atoms with Crippen molar-refractivity contribution in [1.29, 1.82) is 0 Å². The van der Waals surface area contributed by atoms with Crippen LogP contribution in [0.4, 0.5) is 0 Å². The van der Waals surface area contributed by atoms with Gasteiger partial charge in [0.2, 0.25) is 10.0 Å². The zero-order chi connectivity index (χ0) is 17.2. The van der Waals surface area contributed by atoms with Crippen LogP contribution in [0.2, 0.25) is 0 Å². The maximum atomic E-state index is 13.0. The highest BCUT2D eigenvalue weighted by Gasteiger charge is 2.59. The third-order valence-electron chi connectivity index (χ3n) is 6.12. The van der Waals surface area contributed by atoms with Gasteiger partial charge in [-0.25, -0.2) is 8.42 Å². The molecule has 24 heavy (non-hydrogen) atoms. The molecule has 4 atom stereocenters. The fourth-order valence-corrected chi connectivity index (χ4v) is 6.32. The van der Waals surface area contributed by atoms with Gasteiger partial charge >= 0.3 is 0 Å². The monoisotopic (exact) mass is 347 g/mol. The molecule has 5 nitrogen and oxygen atoms in total. The number of carbonyl (C=O) groups excluding carboxylic acids is 2. The van der Waals surface area contributed by atoms with Gasteiger partial charge in [0, 0.05) is 36.8 Å². The number of sulfonamides is 1. The van der Waals surface area contributed by atoms with E-state index in [-0.39, 0.29) is 40.1 Å². The average Bonchev–Trinajstić information content (AvgIpc) is 2.53. The molecule has 128 valence electrons. The van der Waals surface area contributed by atoms with Crippen LogP contribution in [0.15, 0.2) is 29.2 Å². The Bertz CT molecular complexity index is 786. The molecule has 0 heterocycles.